The summed E-state index contributed by atoms with van der Waals surface area (Å²) in [6.45, 7) is 1.30. The molecule has 11 heteroatoms. The number of aromatic nitrogens is 1. The number of ether oxygens (including phenoxy) is 2. The van der Waals surface area contributed by atoms with Gasteiger partial charge in [0.1, 0.15) is 0 Å². The number of thiazole rings is 1. The van der Waals surface area contributed by atoms with Gasteiger partial charge in [0.2, 0.25) is 0 Å². The minimum Gasteiger partial charge on any atom is -0.411 e. The van der Waals surface area contributed by atoms with Gasteiger partial charge in [-0.2, -0.15) is 4.99 Å². The van der Waals surface area contributed by atoms with Crippen molar-refractivity contribution < 1.29 is 28.3 Å². The Kier molecular flexibility index (Phi) is 4.30. The van der Waals surface area contributed by atoms with E-state index in [9.17, 15) is 13.6 Å². The van der Waals surface area contributed by atoms with Crippen LogP contribution in [0.4, 0.5) is 13.6 Å². The number of carbonyl (C=O) groups excluding carboxylic acids is 1. The lowest BCUT2D eigenvalue weighted by molar-refractivity contribution is -0.286. The van der Waals surface area contributed by atoms with Crippen LogP contribution in [0.25, 0.3) is 5.69 Å². The van der Waals surface area contributed by atoms with Crippen molar-refractivity contribution >= 4 is 23.6 Å². The zero-order valence-electron chi connectivity index (χ0n) is 13.8. The molecule has 1 fully saturated rings. The van der Waals surface area contributed by atoms with E-state index in [1.165, 1.54) is 29.0 Å². The third-order valence-electron chi connectivity index (χ3n) is 4.09. The second kappa shape index (κ2) is 6.65. The number of halogens is 2. The fourth-order valence-electron chi connectivity index (χ4n) is 2.89. The fourth-order valence-corrected chi connectivity index (χ4v) is 3.74. The van der Waals surface area contributed by atoms with Gasteiger partial charge in [0, 0.05) is 25.4 Å². The number of hydrogen-bond donors (Lipinski definition) is 1. The SMILES string of the molecule is O=C(/N=c1\sc(/C=N\O)cn1-c1ccc2c(c1)OC(F)(F)O2)N1CCCC1. The molecule has 1 aromatic heterocycles. The van der Waals surface area contributed by atoms with Crippen molar-refractivity contribution in [1.82, 2.24) is 9.47 Å². The molecule has 0 saturated carbocycles. The number of hydrogen-bond acceptors (Lipinski definition) is 6. The molecule has 1 N–H and O–H groups in total. The number of urea groups is 1. The maximum atomic E-state index is 13.2. The molecule has 0 radical (unpaired) electrons. The van der Waals surface area contributed by atoms with Crippen molar-refractivity contribution in [1.29, 1.82) is 0 Å². The maximum Gasteiger partial charge on any atom is 0.586 e. The van der Waals surface area contributed by atoms with Crippen LogP contribution >= 0.6 is 11.3 Å². The second-order valence-corrected chi connectivity index (χ2v) is 6.96. The highest BCUT2D eigenvalue weighted by Crippen LogP contribution is 2.41. The average molecular weight is 396 g/mol. The zero-order valence-corrected chi connectivity index (χ0v) is 14.7. The summed E-state index contributed by atoms with van der Waals surface area (Å²) >= 11 is 1.12. The molecule has 2 aromatic rings. The highest BCUT2D eigenvalue weighted by Gasteiger charge is 2.43. The number of oxime groups is 1. The van der Waals surface area contributed by atoms with Crippen molar-refractivity contribution in [3.05, 3.63) is 34.1 Å². The van der Waals surface area contributed by atoms with Crippen LogP contribution in [-0.4, -0.2) is 46.3 Å². The number of nitrogens with zero attached hydrogens (tertiary/aromatic N) is 4. The van der Waals surface area contributed by atoms with Gasteiger partial charge >= 0.3 is 12.3 Å². The van der Waals surface area contributed by atoms with Gasteiger partial charge in [-0.15, -0.1) is 8.78 Å². The van der Waals surface area contributed by atoms with Crippen LogP contribution in [0.5, 0.6) is 11.5 Å². The molecule has 0 aliphatic carbocycles. The highest BCUT2D eigenvalue weighted by molar-refractivity contribution is 7.11. The van der Waals surface area contributed by atoms with Gasteiger partial charge < -0.3 is 19.6 Å². The lowest BCUT2D eigenvalue weighted by atomic mass is 10.3. The molecule has 2 amide bonds. The number of alkyl halides is 2. The minimum absolute atomic E-state index is 0.0802. The van der Waals surface area contributed by atoms with E-state index >= 15 is 0 Å². The van der Waals surface area contributed by atoms with Gasteiger partial charge in [-0.1, -0.05) is 16.5 Å². The smallest absolute Gasteiger partial charge is 0.411 e. The van der Waals surface area contributed by atoms with E-state index in [0.29, 0.717) is 28.5 Å². The summed E-state index contributed by atoms with van der Waals surface area (Å²) in [7, 11) is 0. The zero-order chi connectivity index (χ0) is 19.0. The summed E-state index contributed by atoms with van der Waals surface area (Å²) in [6, 6.07) is 3.88. The molecule has 2 aliphatic rings. The molecular formula is C16H14F2N4O4S. The van der Waals surface area contributed by atoms with Crippen LogP contribution in [-0.2, 0) is 0 Å². The molecular weight excluding hydrogens is 382 g/mol. The number of rotatable bonds is 2. The number of benzene rings is 1. The van der Waals surface area contributed by atoms with Gasteiger partial charge in [-0.25, -0.2) is 4.79 Å². The predicted octanol–water partition coefficient (Wildman–Crippen LogP) is 2.78. The standard InChI is InChI=1S/C16H14F2N4O4S/c17-16(18)25-12-4-3-10(7-13(12)26-16)22-9-11(8-19-24)27-15(22)20-14(23)21-5-1-2-6-21/h3-4,7-9,24H,1-2,5-6H2/b19-8-,20-15-. The van der Waals surface area contributed by atoms with Gasteiger partial charge in [0.15, 0.2) is 16.3 Å². The molecule has 142 valence electrons. The Morgan fingerprint density at radius 1 is 1.26 bits per heavy atom. The molecule has 0 bridgehead atoms. The van der Waals surface area contributed by atoms with E-state index in [0.717, 1.165) is 24.2 Å². The first-order chi connectivity index (χ1) is 12.9. The van der Waals surface area contributed by atoms with Crippen LogP contribution < -0.4 is 14.3 Å². The normalized spacial score (nSPS) is 18.6. The Labute approximate surface area is 155 Å². The summed E-state index contributed by atoms with van der Waals surface area (Å²) in [5.74, 6) is -0.200. The van der Waals surface area contributed by atoms with Gasteiger partial charge in [0.25, 0.3) is 0 Å². The molecule has 0 atom stereocenters. The van der Waals surface area contributed by atoms with E-state index in [4.69, 9.17) is 5.21 Å². The molecule has 4 rings (SSSR count). The number of amides is 2. The van der Waals surface area contributed by atoms with Crippen molar-refractivity contribution in [2.75, 3.05) is 13.1 Å². The van der Waals surface area contributed by atoms with E-state index < -0.39 is 6.29 Å². The van der Waals surface area contributed by atoms with Crippen molar-refractivity contribution in [2.45, 2.75) is 19.1 Å². The first-order valence-electron chi connectivity index (χ1n) is 8.09. The van der Waals surface area contributed by atoms with Crippen LogP contribution in [0.2, 0.25) is 0 Å². The Morgan fingerprint density at radius 3 is 2.74 bits per heavy atom. The third kappa shape index (κ3) is 3.50. The van der Waals surface area contributed by atoms with Crippen molar-refractivity contribution in [3.63, 3.8) is 0 Å². The molecule has 0 spiro atoms. The van der Waals surface area contributed by atoms with Gasteiger partial charge in [-0.05, 0) is 25.0 Å². The predicted molar refractivity (Wildman–Crippen MR) is 91.0 cm³/mol. The Balaban J connectivity index is 1.75. The fraction of sp³-hybridized carbons (Fsp3) is 0.312. The number of carbonyl (C=O) groups is 1. The summed E-state index contributed by atoms with van der Waals surface area (Å²) < 4.78 is 36.9. The van der Waals surface area contributed by atoms with Crippen molar-refractivity contribution in [2.24, 2.45) is 10.1 Å². The number of likely N-dealkylation sites (tertiary alicyclic amines) is 1. The number of fused-ring (bicyclic) bond motifs is 1. The summed E-state index contributed by atoms with van der Waals surface area (Å²) in [4.78, 5) is 19.0. The van der Waals surface area contributed by atoms with Crippen LogP contribution in [0.15, 0.2) is 34.5 Å². The second-order valence-electron chi connectivity index (χ2n) is 5.92. The topological polar surface area (TPSA) is 88.6 Å². The Bertz CT molecular complexity index is 979. The van der Waals surface area contributed by atoms with E-state index in [2.05, 4.69) is 19.6 Å². The molecule has 0 unspecified atom stereocenters. The van der Waals surface area contributed by atoms with Crippen LogP contribution in [0.1, 0.15) is 17.7 Å². The molecule has 8 nitrogen and oxygen atoms in total. The lowest BCUT2D eigenvalue weighted by Gasteiger charge is -2.10. The van der Waals surface area contributed by atoms with Gasteiger partial charge in [-0.3, -0.25) is 4.57 Å². The quantitative estimate of drug-likeness (QED) is 0.480. The van der Waals surface area contributed by atoms with Crippen LogP contribution in [0, 0.1) is 0 Å². The maximum absolute atomic E-state index is 13.2. The molecule has 3 heterocycles. The minimum atomic E-state index is -3.71. The molecule has 1 saturated heterocycles. The largest absolute Gasteiger partial charge is 0.586 e. The van der Waals surface area contributed by atoms with E-state index in [1.807, 2.05) is 0 Å². The first-order valence-corrected chi connectivity index (χ1v) is 8.91. The Morgan fingerprint density at radius 2 is 2.00 bits per heavy atom. The van der Waals surface area contributed by atoms with Crippen LogP contribution in [0.3, 0.4) is 0 Å². The molecule has 1 aromatic carbocycles. The third-order valence-corrected chi connectivity index (χ3v) is 5.00. The van der Waals surface area contributed by atoms with E-state index in [-0.39, 0.29) is 17.5 Å². The highest BCUT2D eigenvalue weighted by atomic mass is 32.1. The average Bonchev–Trinajstić information content (AvgIpc) is 3.31. The molecule has 27 heavy (non-hydrogen) atoms. The first kappa shape index (κ1) is 17.5. The monoisotopic (exact) mass is 396 g/mol. The molecule has 2 aliphatic heterocycles. The Hall–Kier alpha value is -2.95. The lowest BCUT2D eigenvalue weighted by Crippen LogP contribution is -2.27. The van der Waals surface area contributed by atoms with Crippen molar-refractivity contribution in [3.8, 4) is 17.2 Å². The summed E-state index contributed by atoms with van der Waals surface area (Å²) in [5.41, 5.74) is 0.442. The van der Waals surface area contributed by atoms with Gasteiger partial charge in [0.05, 0.1) is 16.8 Å². The summed E-state index contributed by atoms with van der Waals surface area (Å²) in [6.07, 6.45) is 0.931. The summed E-state index contributed by atoms with van der Waals surface area (Å²) in [5, 5.41) is 11.7. The van der Waals surface area contributed by atoms with E-state index in [1.54, 1.807) is 11.1 Å².